The van der Waals surface area contributed by atoms with E-state index in [-0.39, 0.29) is 6.04 Å². The third kappa shape index (κ3) is 4.68. The molecule has 0 aliphatic rings. The Hall–Kier alpha value is -1.17. The highest BCUT2D eigenvalue weighted by molar-refractivity contribution is 6.32. The van der Waals surface area contributed by atoms with Crippen LogP contribution in [-0.2, 0) is 6.42 Å². The zero-order valence-corrected chi connectivity index (χ0v) is 10.8. The van der Waals surface area contributed by atoms with Crippen molar-refractivity contribution >= 4 is 11.6 Å². The molecule has 0 amide bonds. The second-order valence-corrected chi connectivity index (χ2v) is 4.35. The third-order valence-electron chi connectivity index (χ3n) is 2.52. The Labute approximate surface area is 108 Å². The second kappa shape index (κ2) is 7.21. The number of hydrogen-bond acceptors (Lipinski definition) is 2. The van der Waals surface area contributed by atoms with E-state index in [4.69, 9.17) is 28.5 Å². The summed E-state index contributed by atoms with van der Waals surface area (Å²) in [7, 11) is 0. The number of halogens is 1. The van der Waals surface area contributed by atoms with Gasteiger partial charge in [-0.15, -0.1) is 12.3 Å². The first kappa shape index (κ1) is 13.9. The predicted octanol–water partition coefficient (Wildman–Crippen LogP) is 3.02. The first-order chi connectivity index (χ1) is 8.17. The SMILES string of the molecule is C#CCCOc1ccc(CC(N)CC)cc1Cl. The Morgan fingerprint density at radius 2 is 2.29 bits per heavy atom. The molecule has 0 aliphatic carbocycles. The molecule has 0 heterocycles. The van der Waals surface area contributed by atoms with Gasteiger partial charge in [0.2, 0.25) is 0 Å². The van der Waals surface area contributed by atoms with Gasteiger partial charge in [0.15, 0.2) is 0 Å². The zero-order valence-electron chi connectivity index (χ0n) is 10.1. The molecule has 0 spiro atoms. The fourth-order valence-electron chi connectivity index (χ4n) is 1.46. The molecule has 0 saturated heterocycles. The van der Waals surface area contributed by atoms with Crippen molar-refractivity contribution in [3.63, 3.8) is 0 Å². The summed E-state index contributed by atoms with van der Waals surface area (Å²) >= 11 is 6.12. The molecule has 3 heteroatoms. The van der Waals surface area contributed by atoms with Gasteiger partial charge in [0.25, 0.3) is 0 Å². The molecule has 1 rings (SSSR count). The van der Waals surface area contributed by atoms with Crippen molar-refractivity contribution in [1.82, 2.24) is 0 Å². The Kier molecular flexibility index (Phi) is 5.90. The van der Waals surface area contributed by atoms with Crippen molar-refractivity contribution in [3.05, 3.63) is 28.8 Å². The lowest BCUT2D eigenvalue weighted by Gasteiger charge is -2.11. The summed E-state index contributed by atoms with van der Waals surface area (Å²) in [6.07, 6.45) is 7.52. The van der Waals surface area contributed by atoms with Crippen LogP contribution in [0, 0.1) is 12.3 Å². The molecule has 1 unspecified atom stereocenters. The van der Waals surface area contributed by atoms with Gasteiger partial charge < -0.3 is 10.5 Å². The minimum Gasteiger partial charge on any atom is -0.491 e. The third-order valence-corrected chi connectivity index (χ3v) is 2.82. The van der Waals surface area contributed by atoms with Crippen LogP contribution in [0.5, 0.6) is 5.75 Å². The topological polar surface area (TPSA) is 35.2 Å². The summed E-state index contributed by atoms with van der Waals surface area (Å²) in [5, 5.41) is 0.614. The summed E-state index contributed by atoms with van der Waals surface area (Å²) in [6, 6.07) is 5.95. The van der Waals surface area contributed by atoms with Gasteiger partial charge in [0.05, 0.1) is 11.6 Å². The maximum atomic E-state index is 6.12. The van der Waals surface area contributed by atoms with Gasteiger partial charge in [0.1, 0.15) is 5.75 Å². The van der Waals surface area contributed by atoms with Crippen molar-refractivity contribution in [2.75, 3.05) is 6.61 Å². The fourth-order valence-corrected chi connectivity index (χ4v) is 1.71. The monoisotopic (exact) mass is 251 g/mol. The van der Waals surface area contributed by atoms with E-state index in [0.717, 1.165) is 18.4 Å². The van der Waals surface area contributed by atoms with E-state index in [1.807, 2.05) is 18.2 Å². The minimum atomic E-state index is 0.180. The number of hydrogen-bond donors (Lipinski definition) is 1. The van der Waals surface area contributed by atoms with Crippen LogP contribution in [-0.4, -0.2) is 12.6 Å². The molecule has 2 N–H and O–H groups in total. The van der Waals surface area contributed by atoms with Gasteiger partial charge in [-0.3, -0.25) is 0 Å². The summed E-state index contributed by atoms with van der Waals surface area (Å²) in [5.74, 6) is 3.19. The molecule has 0 radical (unpaired) electrons. The lowest BCUT2D eigenvalue weighted by molar-refractivity contribution is 0.327. The highest BCUT2D eigenvalue weighted by atomic mass is 35.5. The van der Waals surface area contributed by atoms with E-state index in [2.05, 4.69) is 12.8 Å². The van der Waals surface area contributed by atoms with Crippen LogP contribution in [0.4, 0.5) is 0 Å². The Balaban J connectivity index is 2.63. The Bertz CT molecular complexity index is 398. The van der Waals surface area contributed by atoms with Crippen LogP contribution in [0.2, 0.25) is 5.02 Å². The molecule has 0 aromatic heterocycles. The molecule has 0 fully saturated rings. The first-order valence-corrected chi connectivity index (χ1v) is 6.15. The maximum absolute atomic E-state index is 6.12. The van der Waals surface area contributed by atoms with Crippen molar-refractivity contribution in [2.24, 2.45) is 5.73 Å². The fraction of sp³-hybridized carbons (Fsp3) is 0.429. The van der Waals surface area contributed by atoms with Crippen LogP contribution < -0.4 is 10.5 Å². The molecular weight excluding hydrogens is 234 g/mol. The summed E-state index contributed by atoms with van der Waals surface area (Å²) in [6.45, 7) is 2.56. The van der Waals surface area contributed by atoms with Crippen LogP contribution in [0.15, 0.2) is 18.2 Å². The number of benzene rings is 1. The van der Waals surface area contributed by atoms with E-state index >= 15 is 0 Å². The molecule has 0 saturated carbocycles. The highest BCUT2D eigenvalue weighted by Crippen LogP contribution is 2.26. The normalized spacial score (nSPS) is 11.9. The standard InChI is InChI=1S/C14H18ClNO/c1-3-5-8-17-14-7-6-11(10-13(14)15)9-12(16)4-2/h1,6-7,10,12H,4-5,8-9,16H2,2H3. The smallest absolute Gasteiger partial charge is 0.137 e. The number of rotatable bonds is 6. The van der Waals surface area contributed by atoms with Crippen LogP contribution >= 0.6 is 11.6 Å². The lowest BCUT2D eigenvalue weighted by atomic mass is 10.0. The van der Waals surface area contributed by atoms with Crippen molar-refractivity contribution < 1.29 is 4.74 Å². The van der Waals surface area contributed by atoms with Gasteiger partial charge in [-0.05, 0) is 30.5 Å². The van der Waals surface area contributed by atoms with Crippen LogP contribution in [0.1, 0.15) is 25.3 Å². The first-order valence-electron chi connectivity index (χ1n) is 5.77. The van der Waals surface area contributed by atoms with Crippen molar-refractivity contribution in [3.8, 4) is 18.1 Å². The molecule has 0 bridgehead atoms. The van der Waals surface area contributed by atoms with Crippen molar-refractivity contribution in [1.29, 1.82) is 0 Å². The Morgan fingerprint density at radius 3 is 2.88 bits per heavy atom. The highest BCUT2D eigenvalue weighted by Gasteiger charge is 2.06. The summed E-state index contributed by atoms with van der Waals surface area (Å²) in [5.41, 5.74) is 7.03. The largest absolute Gasteiger partial charge is 0.491 e. The molecule has 1 aromatic carbocycles. The van der Waals surface area contributed by atoms with Crippen LogP contribution in [0.3, 0.4) is 0 Å². The van der Waals surface area contributed by atoms with Gasteiger partial charge in [0, 0.05) is 12.5 Å². The molecule has 92 valence electrons. The Morgan fingerprint density at radius 1 is 1.53 bits per heavy atom. The molecule has 1 aromatic rings. The van der Waals surface area contributed by atoms with Crippen LogP contribution in [0.25, 0.3) is 0 Å². The second-order valence-electron chi connectivity index (χ2n) is 3.94. The molecule has 2 nitrogen and oxygen atoms in total. The predicted molar refractivity (Wildman–Crippen MR) is 72.4 cm³/mol. The van der Waals surface area contributed by atoms with E-state index in [1.54, 1.807) is 0 Å². The maximum Gasteiger partial charge on any atom is 0.137 e. The van der Waals surface area contributed by atoms with E-state index < -0.39 is 0 Å². The van der Waals surface area contributed by atoms with Gasteiger partial charge in [-0.1, -0.05) is 24.6 Å². The van der Waals surface area contributed by atoms with Gasteiger partial charge in [-0.2, -0.15) is 0 Å². The zero-order chi connectivity index (χ0) is 12.7. The average Bonchev–Trinajstić information content (AvgIpc) is 2.32. The average molecular weight is 252 g/mol. The molecule has 0 aliphatic heterocycles. The van der Waals surface area contributed by atoms with Gasteiger partial charge >= 0.3 is 0 Å². The van der Waals surface area contributed by atoms with Gasteiger partial charge in [-0.25, -0.2) is 0 Å². The lowest BCUT2D eigenvalue weighted by Crippen LogP contribution is -2.21. The summed E-state index contributed by atoms with van der Waals surface area (Å²) in [4.78, 5) is 0. The minimum absolute atomic E-state index is 0.180. The van der Waals surface area contributed by atoms with E-state index in [9.17, 15) is 0 Å². The number of ether oxygens (including phenoxy) is 1. The molecule has 17 heavy (non-hydrogen) atoms. The van der Waals surface area contributed by atoms with Crippen molar-refractivity contribution in [2.45, 2.75) is 32.2 Å². The summed E-state index contributed by atoms with van der Waals surface area (Å²) < 4.78 is 5.46. The number of nitrogens with two attached hydrogens (primary N) is 1. The molecule has 1 atom stereocenters. The van der Waals surface area contributed by atoms with E-state index in [0.29, 0.717) is 23.8 Å². The van der Waals surface area contributed by atoms with E-state index in [1.165, 1.54) is 0 Å². The number of terminal acetylenes is 1. The quantitative estimate of drug-likeness (QED) is 0.623. The molecular formula is C14H18ClNO.